The normalized spacial score (nSPS) is 20.6. The Labute approximate surface area is 118 Å². The number of hydrogen-bond acceptors (Lipinski definition) is 4. The Kier molecular flexibility index (Phi) is 5.15. The third kappa shape index (κ3) is 3.82. The Morgan fingerprint density at radius 1 is 1.45 bits per heavy atom. The molecular weight excluding hydrogens is 258 g/mol. The molecule has 0 saturated heterocycles. The molecule has 1 aromatic rings. The summed E-state index contributed by atoms with van der Waals surface area (Å²) >= 11 is 0. The zero-order chi connectivity index (χ0) is 14.4. The first-order chi connectivity index (χ1) is 9.70. The maximum Gasteiger partial charge on any atom is 0.404 e. The molecule has 0 fully saturated rings. The van der Waals surface area contributed by atoms with Crippen molar-refractivity contribution in [3.63, 3.8) is 0 Å². The van der Waals surface area contributed by atoms with Crippen LogP contribution in [0.1, 0.15) is 5.56 Å². The molecule has 1 aliphatic heterocycles. The number of carbonyl (C=O) groups excluding carboxylic acids is 1. The number of carbonyl (C=O) groups is 1. The van der Waals surface area contributed by atoms with Gasteiger partial charge in [0.25, 0.3) is 0 Å². The average molecular weight is 277 g/mol. The first kappa shape index (κ1) is 14.6. The van der Waals surface area contributed by atoms with E-state index < -0.39 is 12.2 Å². The standard InChI is InChI=1S/C15H19NO4/c1-18-14(12-8-5-9-19-12)13(20-15(16)17)10-11-6-3-2-4-7-11/h2-8,12-14H,9-10H2,1H3,(H2,16,17)/t12-,13+,14?/m0/s1. The molecule has 1 unspecified atom stereocenters. The van der Waals surface area contributed by atoms with Gasteiger partial charge in [-0.15, -0.1) is 0 Å². The average Bonchev–Trinajstić information content (AvgIpc) is 2.94. The van der Waals surface area contributed by atoms with Gasteiger partial charge >= 0.3 is 6.09 Å². The molecule has 1 heterocycles. The van der Waals surface area contributed by atoms with Crippen LogP contribution in [0.2, 0.25) is 0 Å². The molecule has 0 aromatic heterocycles. The second-order valence-electron chi connectivity index (χ2n) is 4.59. The Balaban J connectivity index is 2.12. The van der Waals surface area contributed by atoms with E-state index in [9.17, 15) is 4.79 Å². The van der Waals surface area contributed by atoms with E-state index in [1.165, 1.54) is 0 Å². The van der Waals surface area contributed by atoms with Gasteiger partial charge in [0.2, 0.25) is 0 Å². The van der Waals surface area contributed by atoms with E-state index in [-0.39, 0.29) is 12.2 Å². The molecule has 20 heavy (non-hydrogen) atoms. The summed E-state index contributed by atoms with van der Waals surface area (Å²) in [4.78, 5) is 11.1. The molecule has 2 N–H and O–H groups in total. The van der Waals surface area contributed by atoms with Crippen molar-refractivity contribution in [2.45, 2.75) is 24.7 Å². The van der Waals surface area contributed by atoms with Crippen molar-refractivity contribution in [1.82, 2.24) is 0 Å². The van der Waals surface area contributed by atoms with Gasteiger partial charge in [-0.3, -0.25) is 0 Å². The minimum absolute atomic E-state index is 0.229. The first-order valence-electron chi connectivity index (χ1n) is 6.52. The molecule has 1 aliphatic rings. The largest absolute Gasteiger partial charge is 0.443 e. The van der Waals surface area contributed by atoms with Crippen LogP contribution in [0.5, 0.6) is 0 Å². The van der Waals surface area contributed by atoms with Crippen molar-refractivity contribution in [1.29, 1.82) is 0 Å². The van der Waals surface area contributed by atoms with E-state index in [1.807, 2.05) is 42.5 Å². The van der Waals surface area contributed by atoms with Crippen molar-refractivity contribution in [2.75, 3.05) is 13.7 Å². The number of amides is 1. The van der Waals surface area contributed by atoms with Crippen LogP contribution in [-0.2, 0) is 20.6 Å². The molecule has 108 valence electrons. The van der Waals surface area contributed by atoms with Gasteiger partial charge in [0, 0.05) is 13.5 Å². The number of methoxy groups -OCH3 is 1. The molecule has 0 spiro atoms. The highest BCUT2D eigenvalue weighted by Gasteiger charge is 2.33. The van der Waals surface area contributed by atoms with Gasteiger partial charge in [-0.2, -0.15) is 0 Å². The zero-order valence-electron chi connectivity index (χ0n) is 11.4. The number of rotatable bonds is 6. The topological polar surface area (TPSA) is 70.8 Å². The monoisotopic (exact) mass is 277 g/mol. The number of nitrogens with two attached hydrogens (primary N) is 1. The van der Waals surface area contributed by atoms with Gasteiger partial charge in [0.05, 0.1) is 6.61 Å². The van der Waals surface area contributed by atoms with Crippen LogP contribution in [0.25, 0.3) is 0 Å². The predicted octanol–water partition coefficient (Wildman–Crippen LogP) is 1.66. The van der Waals surface area contributed by atoms with Gasteiger partial charge in [0.1, 0.15) is 18.3 Å². The molecule has 1 aromatic carbocycles. The van der Waals surface area contributed by atoms with Crippen LogP contribution in [-0.4, -0.2) is 38.1 Å². The predicted molar refractivity (Wildman–Crippen MR) is 74.3 cm³/mol. The van der Waals surface area contributed by atoms with E-state index in [0.717, 1.165) is 5.56 Å². The van der Waals surface area contributed by atoms with E-state index in [4.69, 9.17) is 19.9 Å². The van der Waals surface area contributed by atoms with E-state index in [1.54, 1.807) is 7.11 Å². The van der Waals surface area contributed by atoms with Crippen LogP contribution >= 0.6 is 0 Å². The fraction of sp³-hybridized carbons (Fsp3) is 0.400. The van der Waals surface area contributed by atoms with Crippen molar-refractivity contribution in [3.05, 3.63) is 48.0 Å². The molecule has 5 heteroatoms. The lowest BCUT2D eigenvalue weighted by Gasteiger charge is -2.28. The summed E-state index contributed by atoms with van der Waals surface area (Å²) in [5.74, 6) is 0. The minimum Gasteiger partial charge on any atom is -0.443 e. The van der Waals surface area contributed by atoms with Gasteiger partial charge in [-0.25, -0.2) is 4.79 Å². The zero-order valence-corrected chi connectivity index (χ0v) is 11.4. The highest BCUT2D eigenvalue weighted by molar-refractivity contribution is 5.64. The van der Waals surface area contributed by atoms with Crippen LogP contribution in [0.4, 0.5) is 4.79 Å². The molecule has 0 bridgehead atoms. The highest BCUT2D eigenvalue weighted by Crippen LogP contribution is 2.19. The molecule has 3 atom stereocenters. The van der Waals surface area contributed by atoms with Crippen LogP contribution < -0.4 is 5.73 Å². The second-order valence-corrected chi connectivity index (χ2v) is 4.59. The molecule has 5 nitrogen and oxygen atoms in total. The van der Waals surface area contributed by atoms with Crippen molar-refractivity contribution >= 4 is 6.09 Å². The summed E-state index contributed by atoms with van der Waals surface area (Å²) in [6.07, 6.45) is 2.43. The number of ether oxygens (including phenoxy) is 3. The lowest BCUT2D eigenvalue weighted by Crippen LogP contribution is -2.43. The van der Waals surface area contributed by atoms with E-state index in [2.05, 4.69) is 0 Å². The fourth-order valence-electron chi connectivity index (χ4n) is 2.33. The summed E-state index contributed by atoms with van der Waals surface area (Å²) in [6.45, 7) is 0.541. The summed E-state index contributed by atoms with van der Waals surface area (Å²) < 4.78 is 16.2. The third-order valence-electron chi connectivity index (χ3n) is 3.22. The molecule has 2 rings (SSSR count). The fourth-order valence-corrected chi connectivity index (χ4v) is 2.33. The van der Waals surface area contributed by atoms with Crippen molar-refractivity contribution in [3.8, 4) is 0 Å². The van der Waals surface area contributed by atoms with Crippen LogP contribution in [0, 0.1) is 0 Å². The lowest BCUT2D eigenvalue weighted by molar-refractivity contribution is -0.0801. The summed E-state index contributed by atoms with van der Waals surface area (Å²) in [7, 11) is 1.57. The summed E-state index contributed by atoms with van der Waals surface area (Å²) in [5, 5.41) is 0. The Hall–Kier alpha value is -1.85. The molecule has 0 aliphatic carbocycles. The molecule has 0 saturated carbocycles. The minimum atomic E-state index is -0.810. The van der Waals surface area contributed by atoms with Gasteiger partial charge in [-0.1, -0.05) is 42.5 Å². The van der Waals surface area contributed by atoms with Crippen molar-refractivity contribution < 1.29 is 19.0 Å². The Bertz CT molecular complexity index is 460. The number of primary amides is 1. The van der Waals surface area contributed by atoms with Gasteiger partial charge in [0.15, 0.2) is 0 Å². The van der Waals surface area contributed by atoms with Crippen LogP contribution in [0.3, 0.4) is 0 Å². The third-order valence-corrected chi connectivity index (χ3v) is 3.22. The number of benzene rings is 1. The Morgan fingerprint density at radius 3 is 2.75 bits per heavy atom. The highest BCUT2D eigenvalue weighted by atomic mass is 16.6. The van der Waals surface area contributed by atoms with Crippen molar-refractivity contribution in [2.24, 2.45) is 5.73 Å². The van der Waals surface area contributed by atoms with Gasteiger partial charge in [-0.05, 0) is 5.56 Å². The quantitative estimate of drug-likeness (QED) is 0.803. The summed E-state index contributed by atoms with van der Waals surface area (Å²) in [6, 6.07) is 9.74. The number of hydrogen-bond donors (Lipinski definition) is 1. The van der Waals surface area contributed by atoms with Crippen LogP contribution in [0.15, 0.2) is 42.5 Å². The molecule has 1 amide bonds. The molecular formula is C15H19NO4. The first-order valence-corrected chi connectivity index (χ1v) is 6.52. The lowest BCUT2D eigenvalue weighted by atomic mass is 10.00. The Morgan fingerprint density at radius 2 is 2.20 bits per heavy atom. The van der Waals surface area contributed by atoms with E-state index >= 15 is 0 Å². The smallest absolute Gasteiger partial charge is 0.404 e. The molecule has 0 radical (unpaired) electrons. The second kappa shape index (κ2) is 7.07. The summed E-state index contributed by atoms with van der Waals surface area (Å²) in [5.41, 5.74) is 6.21. The maximum atomic E-state index is 11.1. The maximum absolute atomic E-state index is 11.1. The SMILES string of the molecule is COC([C@@H]1C=CCO1)[C@@H](Cc1ccccc1)OC(N)=O. The van der Waals surface area contributed by atoms with E-state index in [0.29, 0.717) is 13.0 Å². The van der Waals surface area contributed by atoms with Gasteiger partial charge < -0.3 is 19.9 Å².